The predicted octanol–water partition coefficient (Wildman–Crippen LogP) is 4.93. The van der Waals surface area contributed by atoms with Crippen molar-refractivity contribution in [1.82, 2.24) is 4.57 Å². The summed E-state index contributed by atoms with van der Waals surface area (Å²) in [6.45, 7) is 3.92. The van der Waals surface area contributed by atoms with Crippen LogP contribution in [0.2, 0.25) is 0 Å². The van der Waals surface area contributed by atoms with Gasteiger partial charge < -0.3 is 9.30 Å². The predicted molar refractivity (Wildman–Crippen MR) is 100 cm³/mol. The molecule has 2 aliphatic rings. The number of benzene rings is 2. The lowest BCUT2D eigenvalue weighted by atomic mass is 10.0. The Labute approximate surface area is 145 Å². The van der Waals surface area contributed by atoms with Crippen LogP contribution in [0.15, 0.2) is 72.8 Å². The van der Waals surface area contributed by atoms with Crippen LogP contribution in [0, 0.1) is 11.8 Å². The maximum Gasteiger partial charge on any atom is 0.339 e. The molecule has 5 rings (SSSR count). The van der Waals surface area contributed by atoms with E-state index >= 15 is 0 Å². The summed E-state index contributed by atoms with van der Waals surface area (Å²) in [5.74, 6) is 0.952. The first-order valence-corrected chi connectivity index (χ1v) is 8.52. The smallest absolute Gasteiger partial charge is 0.339 e. The molecule has 1 heterocycles. The van der Waals surface area contributed by atoms with E-state index in [1.807, 2.05) is 41.0 Å². The molecule has 0 aliphatic heterocycles. The second-order valence-electron chi connectivity index (χ2n) is 6.65. The summed E-state index contributed by atoms with van der Waals surface area (Å²) in [5, 5.41) is 2.29. The highest BCUT2D eigenvalue weighted by Gasteiger charge is 2.33. The van der Waals surface area contributed by atoms with Gasteiger partial charge in [0.2, 0.25) is 0 Å². The normalized spacial score (nSPS) is 21.0. The Bertz CT molecular complexity index is 1100. The first-order chi connectivity index (χ1) is 12.2. The highest BCUT2D eigenvalue weighted by Crippen LogP contribution is 2.39. The number of aromatic nitrogens is 1. The lowest BCUT2D eigenvalue weighted by Gasteiger charge is -2.10. The van der Waals surface area contributed by atoms with Gasteiger partial charge in [0.1, 0.15) is 5.75 Å². The fourth-order valence-corrected chi connectivity index (χ4v) is 4.06. The molecule has 0 saturated carbocycles. The number of allylic oxidation sites excluding steroid dienone is 3. The average molecular weight is 327 g/mol. The topological polar surface area (TPSA) is 31.2 Å². The summed E-state index contributed by atoms with van der Waals surface area (Å²) < 4.78 is 7.70. The van der Waals surface area contributed by atoms with E-state index in [4.69, 9.17) is 4.74 Å². The zero-order chi connectivity index (χ0) is 17.0. The van der Waals surface area contributed by atoms with Crippen molar-refractivity contribution in [3.05, 3.63) is 72.8 Å². The van der Waals surface area contributed by atoms with Gasteiger partial charge in [0, 0.05) is 34.5 Å². The summed E-state index contributed by atoms with van der Waals surface area (Å²) in [6.07, 6.45) is 9.11. The zero-order valence-electron chi connectivity index (χ0n) is 13.7. The van der Waals surface area contributed by atoms with Gasteiger partial charge in [0.25, 0.3) is 0 Å². The number of esters is 1. The number of fused-ring (bicyclic) bond motifs is 5. The summed E-state index contributed by atoms with van der Waals surface area (Å²) in [6, 6.07) is 14.0. The van der Waals surface area contributed by atoms with Gasteiger partial charge in [-0.25, -0.2) is 4.79 Å². The van der Waals surface area contributed by atoms with E-state index in [-0.39, 0.29) is 11.9 Å². The quantitative estimate of drug-likeness (QED) is 0.388. The van der Waals surface area contributed by atoms with Crippen LogP contribution in [0.1, 0.15) is 6.42 Å². The zero-order valence-corrected chi connectivity index (χ0v) is 13.7. The van der Waals surface area contributed by atoms with Crippen LogP contribution in [-0.2, 0) is 4.79 Å². The van der Waals surface area contributed by atoms with Gasteiger partial charge in [-0.1, -0.05) is 43.0 Å². The molecule has 0 N–H and O–H groups in total. The minimum absolute atomic E-state index is 0.223. The Morgan fingerprint density at radius 2 is 1.96 bits per heavy atom. The molecule has 2 atom stereocenters. The monoisotopic (exact) mass is 327 g/mol. The van der Waals surface area contributed by atoms with Crippen molar-refractivity contribution in [1.29, 1.82) is 0 Å². The van der Waals surface area contributed by atoms with Crippen molar-refractivity contribution in [2.75, 3.05) is 0 Å². The molecule has 0 spiro atoms. The Morgan fingerprint density at radius 1 is 1.12 bits per heavy atom. The largest absolute Gasteiger partial charge is 0.423 e. The fraction of sp³-hybridized carbons (Fsp3) is 0.136. The van der Waals surface area contributed by atoms with Gasteiger partial charge in [-0.15, -0.1) is 0 Å². The Morgan fingerprint density at radius 3 is 2.72 bits per heavy atom. The first-order valence-electron chi connectivity index (χ1n) is 8.52. The molecule has 0 radical (unpaired) electrons. The third-order valence-corrected chi connectivity index (χ3v) is 5.22. The van der Waals surface area contributed by atoms with Crippen LogP contribution in [0.5, 0.6) is 5.75 Å². The Kier molecular flexibility index (Phi) is 2.98. The molecule has 0 fully saturated rings. The minimum atomic E-state index is -0.238. The van der Waals surface area contributed by atoms with E-state index in [1.54, 1.807) is 6.20 Å². The number of hydrogen-bond acceptors (Lipinski definition) is 2. The standard InChI is InChI=1S/C22H17NO2/c1-2-23-20-6-4-3-5-17(20)18-10-9-16(13-21(18)23)25-22(24)19-12-14-7-8-15(19)11-14/h2-10,12-15H,1,11H2. The molecule has 3 heteroatoms. The Hall–Kier alpha value is -3.07. The molecular weight excluding hydrogens is 310 g/mol. The van der Waals surface area contributed by atoms with E-state index < -0.39 is 0 Å². The van der Waals surface area contributed by atoms with Crippen molar-refractivity contribution in [2.24, 2.45) is 11.8 Å². The third kappa shape index (κ3) is 2.09. The summed E-state index contributed by atoms with van der Waals surface area (Å²) in [7, 11) is 0. The number of para-hydroxylation sites is 1. The molecule has 0 saturated heterocycles. The van der Waals surface area contributed by atoms with Crippen LogP contribution in [0.4, 0.5) is 0 Å². The second kappa shape index (κ2) is 5.21. The number of rotatable bonds is 3. The second-order valence-corrected chi connectivity index (χ2v) is 6.65. The molecule has 2 aliphatic carbocycles. The van der Waals surface area contributed by atoms with Crippen LogP contribution in [0.3, 0.4) is 0 Å². The van der Waals surface area contributed by atoms with E-state index in [0.29, 0.717) is 11.7 Å². The van der Waals surface area contributed by atoms with E-state index in [1.165, 1.54) is 0 Å². The fourth-order valence-electron chi connectivity index (χ4n) is 4.06. The lowest BCUT2D eigenvalue weighted by Crippen LogP contribution is -2.14. The molecular formula is C22H17NO2. The molecule has 3 aromatic rings. The molecule has 25 heavy (non-hydrogen) atoms. The molecule has 2 bridgehead atoms. The van der Waals surface area contributed by atoms with Crippen LogP contribution in [0.25, 0.3) is 28.0 Å². The summed E-state index contributed by atoms with van der Waals surface area (Å²) in [5.41, 5.74) is 2.87. The van der Waals surface area contributed by atoms with Gasteiger partial charge in [-0.2, -0.15) is 0 Å². The number of carbonyl (C=O) groups excluding carboxylic acids is 1. The number of hydrogen-bond donors (Lipinski definition) is 0. The maximum absolute atomic E-state index is 12.5. The molecule has 122 valence electrons. The highest BCUT2D eigenvalue weighted by atomic mass is 16.5. The number of carbonyl (C=O) groups is 1. The summed E-state index contributed by atoms with van der Waals surface area (Å²) >= 11 is 0. The first kappa shape index (κ1) is 14.3. The van der Waals surface area contributed by atoms with Crippen LogP contribution in [-0.4, -0.2) is 10.5 Å². The molecule has 3 nitrogen and oxygen atoms in total. The Balaban J connectivity index is 1.54. The van der Waals surface area contributed by atoms with E-state index in [0.717, 1.165) is 33.8 Å². The highest BCUT2D eigenvalue weighted by molar-refractivity contribution is 6.09. The van der Waals surface area contributed by atoms with Crippen LogP contribution < -0.4 is 4.74 Å². The number of ether oxygens (including phenoxy) is 1. The van der Waals surface area contributed by atoms with Crippen molar-refractivity contribution in [3.63, 3.8) is 0 Å². The summed E-state index contributed by atoms with van der Waals surface area (Å²) in [4.78, 5) is 12.5. The van der Waals surface area contributed by atoms with E-state index in [2.05, 4.69) is 30.9 Å². The van der Waals surface area contributed by atoms with Gasteiger partial charge >= 0.3 is 5.97 Å². The van der Waals surface area contributed by atoms with Gasteiger partial charge in [0.15, 0.2) is 0 Å². The maximum atomic E-state index is 12.5. The molecule has 1 aromatic heterocycles. The van der Waals surface area contributed by atoms with Gasteiger partial charge in [0.05, 0.1) is 11.0 Å². The molecule has 2 aromatic carbocycles. The van der Waals surface area contributed by atoms with E-state index in [9.17, 15) is 4.79 Å². The SMILES string of the molecule is C=Cn1c2ccccc2c2ccc(OC(=O)C3=CC4C=CC3C4)cc21. The molecule has 2 unspecified atom stereocenters. The minimum Gasteiger partial charge on any atom is -0.423 e. The van der Waals surface area contributed by atoms with Crippen LogP contribution >= 0.6 is 0 Å². The van der Waals surface area contributed by atoms with Gasteiger partial charge in [-0.05, 0) is 30.5 Å². The number of nitrogens with zero attached hydrogens (tertiary/aromatic N) is 1. The van der Waals surface area contributed by atoms with Crippen molar-refractivity contribution in [3.8, 4) is 5.75 Å². The third-order valence-electron chi connectivity index (χ3n) is 5.22. The molecule has 0 amide bonds. The van der Waals surface area contributed by atoms with Gasteiger partial charge in [-0.3, -0.25) is 0 Å². The van der Waals surface area contributed by atoms with Crippen molar-refractivity contribution in [2.45, 2.75) is 6.42 Å². The van der Waals surface area contributed by atoms with Crippen molar-refractivity contribution < 1.29 is 9.53 Å². The van der Waals surface area contributed by atoms with Crippen molar-refractivity contribution >= 4 is 34.0 Å². The lowest BCUT2D eigenvalue weighted by molar-refractivity contribution is -0.130. The average Bonchev–Trinajstić information content (AvgIpc) is 3.34.